The molecular formula is C14H26N2O2. The zero-order chi connectivity index (χ0) is 13.5. The lowest BCUT2D eigenvalue weighted by Crippen LogP contribution is -2.08. The van der Waals surface area contributed by atoms with Crippen molar-refractivity contribution in [1.29, 1.82) is 0 Å². The van der Waals surface area contributed by atoms with Crippen molar-refractivity contribution in [2.24, 2.45) is 0 Å². The van der Waals surface area contributed by atoms with Crippen molar-refractivity contribution >= 4 is 0 Å². The number of nitrogens with zero attached hydrogens (tertiary/aromatic N) is 2. The topological polar surface area (TPSA) is 47.3 Å². The largest absolute Gasteiger partial charge is 0.389 e. The Morgan fingerprint density at radius 1 is 1.28 bits per heavy atom. The molecule has 0 bridgehead atoms. The van der Waals surface area contributed by atoms with Crippen LogP contribution in [0.25, 0.3) is 0 Å². The molecule has 104 valence electrons. The van der Waals surface area contributed by atoms with Crippen molar-refractivity contribution in [2.45, 2.75) is 59.6 Å². The van der Waals surface area contributed by atoms with Gasteiger partial charge in [-0.15, -0.1) is 0 Å². The van der Waals surface area contributed by atoms with Crippen LogP contribution in [0.2, 0.25) is 0 Å². The summed E-state index contributed by atoms with van der Waals surface area (Å²) < 4.78 is 7.39. The standard InChI is InChI=1S/C14H26N2O2/c1-5-12-14(11(4)17)13(6-2)16(15-12)9-8-10-18-7-3/h11,17H,5-10H2,1-4H3. The first-order chi connectivity index (χ1) is 8.65. The molecule has 0 aromatic carbocycles. The van der Waals surface area contributed by atoms with Crippen LogP contribution in [0.1, 0.15) is 57.2 Å². The van der Waals surface area contributed by atoms with Gasteiger partial charge in [-0.1, -0.05) is 13.8 Å². The predicted octanol–water partition coefficient (Wildman–Crippen LogP) is 2.49. The number of aromatic nitrogens is 2. The van der Waals surface area contributed by atoms with E-state index in [1.807, 2.05) is 18.5 Å². The first kappa shape index (κ1) is 15.2. The lowest BCUT2D eigenvalue weighted by atomic mass is 10.0. The molecule has 0 amide bonds. The van der Waals surface area contributed by atoms with Crippen LogP contribution >= 0.6 is 0 Å². The van der Waals surface area contributed by atoms with Gasteiger partial charge in [0.25, 0.3) is 0 Å². The van der Waals surface area contributed by atoms with E-state index in [9.17, 15) is 5.11 Å². The molecule has 0 aliphatic rings. The molecule has 0 spiro atoms. The van der Waals surface area contributed by atoms with Crippen LogP contribution in [-0.4, -0.2) is 28.1 Å². The van der Waals surface area contributed by atoms with Crippen LogP contribution in [-0.2, 0) is 24.1 Å². The van der Waals surface area contributed by atoms with E-state index in [0.717, 1.165) is 50.3 Å². The summed E-state index contributed by atoms with van der Waals surface area (Å²) in [4.78, 5) is 0. The van der Waals surface area contributed by atoms with Gasteiger partial charge in [0, 0.05) is 31.0 Å². The number of aryl methyl sites for hydroxylation is 2. The Morgan fingerprint density at radius 2 is 2.00 bits per heavy atom. The van der Waals surface area contributed by atoms with Gasteiger partial charge in [-0.05, 0) is 33.1 Å². The molecule has 1 aromatic rings. The minimum Gasteiger partial charge on any atom is -0.389 e. The van der Waals surface area contributed by atoms with Crippen molar-refractivity contribution in [1.82, 2.24) is 9.78 Å². The van der Waals surface area contributed by atoms with E-state index < -0.39 is 6.10 Å². The Balaban J connectivity index is 2.83. The van der Waals surface area contributed by atoms with Crippen LogP contribution in [0.5, 0.6) is 0 Å². The molecule has 1 unspecified atom stereocenters. The summed E-state index contributed by atoms with van der Waals surface area (Å²) in [5.74, 6) is 0. The average molecular weight is 254 g/mol. The van der Waals surface area contributed by atoms with E-state index in [4.69, 9.17) is 4.74 Å². The summed E-state index contributed by atoms with van der Waals surface area (Å²) in [5.41, 5.74) is 3.22. The molecule has 1 aromatic heterocycles. The summed E-state index contributed by atoms with van der Waals surface area (Å²) in [5, 5.41) is 14.5. The zero-order valence-electron chi connectivity index (χ0n) is 12.1. The minimum absolute atomic E-state index is 0.435. The molecule has 4 heteroatoms. The van der Waals surface area contributed by atoms with Gasteiger partial charge in [-0.25, -0.2) is 0 Å². The Morgan fingerprint density at radius 3 is 2.50 bits per heavy atom. The number of rotatable bonds is 8. The fraction of sp³-hybridized carbons (Fsp3) is 0.786. The maximum Gasteiger partial charge on any atom is 0.0798 e. The molecular weight excluding hydrogens is 228 g/mol. The van der Waals surface area contributed by atoms with Crippen LogP contribution in [0.3, 0.4) is 0 Å². The molecule has 0 fully saturated rings. The van der Waals surface area contributed by atoms with Gasteiger partial charge in [-0.2, -0.15) is 5.10 Å². The zero-order valence-corrected chi connectivity index (χ0v) is 12.1. The van der Waals surface area contributed by atoms with Crippen LogP contribution < -0.4 is 0 Å². The molecule has 1 rings (SSSR count). The molecule has 1 heterocycles. The second kappa shape index (κ2) is 7.54. The Kier molecular flexibility index (Phi) is 6.36. The lowest BCUT2D eigenvalue weighted by Gasteiger charge is -2.09. The van der Waals surface area contributed by atoms with E-state index >= 15 is 0 Å². The number of aliphatic hydroxyl groups excluding tert-OH is 1. The average Bonchev–Trinajstić information content (AvgIpc) is 2.72. The monoisotopic (exact) mass is 254 g/mol. The molecule has 1 atom stereocenters. The second-order valence-corrected chi connectivity index (χ2v) is 4.46. The highest BCUT2D eigenvalue weighted by Gasteiger charge is 2.18. The maximum absolute atomic E-state index is 9.89. The number of ether oxygens (including phenoxy) is 1. The molecule has 0 aliphatic carbocycles. The van der Waals surface area contributed by atoms with Gasteiger partial charge in [0.2, 0.25) is 0 Å². The van der Waals surface area contributed by atoms with E-state index in [1.54, 1.807) is 0 Å². The van der Waals surface area contributed by atoms with Gasteiger partial charge in [0.15, 0.2) is 0 Å². The predicted molar refractivity (Wildman–Crippen MR) is 72.7 cm³/mol. The Hall–Kier alpha value is -0.870. The Bertz CT molecular complexity index is 359. The van der Waals surface area contributed by atoms with Crippen LogP contribution in [0.15, 0.2) is 0 Å². The summed E-state index contributed by atoms with van der Waals surface area (Å²) in [6, 6.07) is 0. The van der Waals surface area contributed by atoms with Crippen molar-refractivity contribution < 1.29 is 9.84 Å². The van der Waals surface area contributed by atoms with E-state index in [-0.39, 0.29) is 0 Å². The van der Waals surface area contributed by atoms with E-state index in [1.165, 1.54) is 5.69 Å². The first-order valence-corrected chi connectivity index (χ1v) is 6.99. The van der Waals surface area contributed by atoms with Crippen molar-refractivity contribution in [3.05, 3.63) is 17.0 Å². The van der Waals surface area contributed by atoms with Crippen molar-refractivity contribution in [3.8, 4) is 0 Å². The van der Waals surface area contributed by atoms with Gasteiger partial charge in [-0.3, -0.25) is 4.68 Å². The van der Waals surface area contributed by atoms with Crippen molar-refractivity contribution in [2.75, 3.05) is 13.2 Å². The maximum atomic E-state index is 9.89. The summed E-state index contributed by atoms with van der Waals surface area (Å²) in [6.07, 6.45) is 2.30. The highest BCUT2D eigenvalue weighted by atomic mass is 16.5. The molecule has 0 saturated carbocycles. The van der Waals surface area contributed by atoms with Gasteiger partial charge >= 0.3 is 0 Å². The highest BCUT2D eigenvalue weighted by molar-refractivity contribution is 5.28. The van der Waals surface area contributed by atoms with Crippen LogP contribution in [0, 0.1) is 0 Å². The Labute approximate surface area is 110 Å². The van der Waals surface area contributed by atoms with Gasteiger partial charge < -0.3 is 9.84 Å². The lowest BCUT2D eigenvalue weighted by molar-refractivity contribution is 0.140. The SMILES string of the molecule is CCOCCCn1nc(CC)c(C(C)O)c1CC. The van der Waals surface area contributed by atoms with Crippen molar-refractivity contribution in [3.63, 3.8) is 0 Å². The highest BCUT2D eigenvalue weighted by Crippen LogP contribution is 2.23. The normalized spacial score (nSPS) is 12.9. The van der Waals surface area contributed by atoms with Gasteiger partial charge in [0.1, 0.15) is 0 Å². The molecule has 4 nitrogen and oxygen atoms in total. The minimum atomic E-state index is -0.435. The summed E-state index contributed by atoms with van der Waals surface area (Å²) >= 11 is 0. The quantitative estimate of drug-likeness (QED) is 0.725. The fourth-order valence-electron chi connectivity index (χ4n) is 2.33. The van der Waals surface area contributed by atoms with E-state index in [0.29, 0.717) is 0 Å². The smallest absolute Gasteiger partial charge is 0.0798 e. The third kappa shape index (κ3) is 3.56. The number of hydrogen-bond donors (Lipinski definition) is 1. The molecule has 0 radical (unpaired) electrons. The van der Waals surface area contributed by atoms with Crippen LogP contribution in [0.4, 0.5) is 0 Å². The summed E-state index contributed by atoms with van der Waals surface area (Å²) in [7, 11) is 0. The van der Waals surface area contributed by atoms with E-state index in [2.05, 4.69) is 18.9 Å². The molecule has 0 aliphatic heterocycles. The molecule has 0 saturated heterocycles. The van der Waals surface area contributed by atoms with Gasteiger partial charge in [0.05, 0.1) is 11.8 Å². The number of hydrogen-bond acceptors (Lipinski definition) is 3. The fourth-order valence-corrected chi connectivity index (χ4v) is 2.33. The first-order valence-electron chi connectivity index (χ1n) is 6.99. The third-order valence-electron chi connectivity index (χ3n) is 3.13. The third-order valence-corrected chi connectivity index (χ3v) is 3.13. The summed E-state index contributed by atoms with van der Waals surface area (Å²) in [6.45, 7) is 10.4. The number of aliphatic hydroxyl groups is 1. The second-order valence-electron chi connectivity index (χ2n) is 4.46. The molecule has 1 N–H and O–H groups in total. The molecule has 18 heavy (non-hydrogen) atoms.